The number of nitrogens with zero attached hydrogens (tertiary/aromatic N) is 3. The first kappa shape index (κ1) is 15.4. The van der Waals surface area contributed by atoms with Gasteiger partial charge in [0.1, 0.15) is 5.82 Å². The van der Waals surface area contributed by atoms with Crippen LogP contribution in [0.4, 0.5) is 5.82 Å². The van der Waals surface area contributed by atoms with Gasteiger partial charge in [0.2, 0.25) is 0 Å². The van der Waals surface area contributed by atoms with Crippen LogP contribution in [-0.4, -0.2) is 23.1 Å². The SMILES string of the molecule is CCNCc1cnc(N(CC)Cc2ccccn2)c(C)c1. The normalized spacial score (nSPS) is 10.6. The monoisotopic (exact) mass is 284 g/mol. The molecule has 2 rings (SSSR count). The molecule has 4 nitrogen and oxygen atoms in total. The Morgan fingerprint density at radius 2 is 2.05 bits per heavy atom. The molecule has 0 aliphatic heterocycles. The van der Waals surface area contributed by atoms with Gasteiger partial charge in [-0.05, 0) is 49.7 Å². The van der Waals surface area contributed by atoms with Gasteiger partial charge in [-0.15, -0.1) is 0 Å². The van der Waals surface area contributed by atoms with Crippen LogP contribution in [0.2, 0.25) is 0 Å². The van der Waals surface area contributed by atoms with Crippen LogP contribution in [0.25, 0.3) is 0 Å². The lowest BCUT2D eigenvalue weighted by molar-refractivity contribution is 0.721. The molecule has 112 valence electrons. The van der Waals surface area contributed by atoms with E-state index in [2.05, 4.69) is 53.1 Å². The summed E-state index contributed by atoms with van der Waals surface area (Å²) in [6.45, 7) is 9.93. The Morgan fingerprint density at radius 1 is 1.19 bits per heavy atom. The fourth-order valence-electron chi connectivity index (χ4n) is 2.35. The standard InChI is InChI=1S/C17H24N4/c1-4-18-11-15-10-14(3)17(20-12-15)21(5-2)13-16-8-6-7-9-19-16/h6-10,12,18H,4-5,11,13H2,1-3H3. The zero-order chi connectivity index (χ0) is 15.1. The smallest absolute Gasteiger partial charge is 0.131 e. The molecule has 2 aromatic rings. The maximum atomic E-state index is 4.66. The Labute approximate surface area is 127 Å². The summed E-state index contributed by atoms with van der Waals surface area (Å²) in [5, 5.41) is 3.33. The molecule has 0 aliphatic rings. The molecule has 0 aliphatic carbocycles. The highest BCUT2D eigenvalue weighted by atomic mass is 15.2. The van der Waals surface area contributed by atoms with Crippen molar-refractivity contribution in [3.8, 4) is 0 Å². The minimum absolute atomic E-state index is 0.789. The number of aryl methyl sites for hydroxylation is 1. The molecule has 0 aromatic carbocycles. The quantitative estimate of drug-likeness (QED) is 0.849. The third-order valence-electron chi connectivity index (χ3n) is 3.45. The minimum Gasteiger partial charge on any atom is -0.351 e. The fraction of sp³-hybridized carbons (Fsp3) is 0.412. The van der Waals surface area contributed by atoms with Crippen LogP contribution in [-0.2, 0) is 13.1 Å². The third kappa shape index (κ3) is 4.26. The van der Waals surface area contributed by atoms with Crippen molar-refractivity contribution in [1.29, 1.82) is 0 Å². The van der Waals surface area contributed by atoms with E-state index in [9.17, 15) is 0 Å². The predicted octanol–water partition coefficient (Wildman–Crippen LogP) is 2.92. The molecule has 0 saturated heterocycles. The Balaban J connectivity index is 2.14. The number of pyridine rings is 2. The number of hydrogen-bond acceptors (Lipinski definition) is 4. The second kappa shape index (κ2) is 7.74. The highest BCUT2D eigenvalue weighted by Crippen LogP contribution is 2.19. The van der Waals surface area contributed by atoms with Crippen molar-refractivity contribution in [3.63, 3.8) is 0 Å². The van der Waals surface area contributed by atoms with Crippen LogP contribution < -0.4 is 10.2 Å². The first-order chi connectivity index (χ1) is 10.2. The van der Waals surface area contributed by atoms with E-state index in [-0.39, 0.29) is 0 Å². The summed E-state index contributed by atoms with van der Waals surface area (Å²) >= 11 is 0. The Morgan fingerprint density at radius 3 is 2.67 bits per heavy atom. The molecule has 21 heavy (non-hydrogen) atoms. The van der Waals surface area contributed by atoms with E-state index in [0.29, 0.717) is 0 Å². The van der Waals surface area contributed by atoms with Gasteiger partial charge in [-0.3, -0.25) is 4.98 Å². The van der Waals surface area contributed by atoms with Crippen LogP contribution in [0.15, 0.2) is 36.7 Å². The summed E-state index contributed by atoms with van der Waals surface area (Å²) < 4.78 is 0. The zero-order valence-corrected chi connectivity index (χ0v) is 13.1. The van der Waals surface area contributed by atoms with Crippen LogP contribution in [0, 0.1) is 6.92 Å². The second-order valence-corrected chi connectivity index (χ2v) is 5.10. The lowest BCUT2D eigenvalue weighted by Crippen LogP contribution is -2.24. The van der Waals surface area contributed by atoms with Crippen molar-refractivity contribution in [1.82, 2.24) is 15.3 Å². The van der Waals surface area contributed by atoms with E-state index in [4.69, 9.17) is 0 Å². The highest BCUT2D eigenvalue weighted by Gasteiger charge is 2.11. The summed E-state index contributed by atoms with van der Waals surface area (Å²) in [6.07, 6.45) is 3.80. The number of aromatic nitrogens is 2. The summed E-state index contributed by atoms with van der Waals surface area (Å²) in [5.74, 6) is 1.04. The topological polar surface area (TPSA) is 41.1 Å². The van der Waals surface area contributed by atoms with Crippen LogP contribution in [0.5, 0.6) is 0 Å². The fourth-order valence-corrected chi connectivity index (χ4v) is 2.35. The summed E-state index contributed by atoms with van der Waals surface area (Å²) in [4.78, 5) is 11.3. The van der Waals surface area contributed by atoms with Gasteiger partial charge in [0, 0.05) is 25.5 Å². The average molecular weight is 284 g/mol. The van der Waals surface area contributed by atoms with Crippen LogP contribution in [0.3, 0.4) is 0 Å². The maximum Gasteiger partial charge on any atom is 0.131 e. The van der Waals surface area contributed by atoms with E-state index in [1.807, 2.05) is 24.5 Å². The number of anilines is 1. The molecule has 2 heterocycles. The van der Waals surface area contributed by atoms with Gasteiger partial charge >= 0.3 is 0 Å². The van der Waals surface area contributed by atoms with Gasteiger partial charge in [0.25, 0.3) is 0 Å². The summed E-state index contributed by atoms with van der Waals surface area (Å²) in [5.41, 5.74) is 3.51. The van der Waals surface area contributed by atoms with Crippen molar-refractivity contribution < 1.29 is 0 Å². The largest absolute Gasteiger partial charge is 0.351 e. The molecular formula is C17H24N4. The molecule has 0 atom stereocenters. The average Bonchev–Trinajstić information content (AvgIpc) is 2.52. The van der Waals surface area contributed by atoms with Crippen molar-refractivity contribution >= 4 is 5.82 Å². The predicted molar refractivity (Wildman–Crippen MR) is 87.3 cm³/mol. The zero-order valence-electron chi connectivity index (χ0n) is 13.1. The van der Waals surface area contributed by atoms with Gasteiger partial charge in [0.15, 0.2) is 0 Å². The molecule has 0 amide bonds. The number of nitrogens with one attached hydrogen (secondary N) is 1. The Bertz CT molecular complexity index is 554. The van der Waals surface area contributed by atoms with E-state index >= 15 is 0 Å². The van der Waals surface area contributed by atoms with E-state index in [1.54, 1.807) is 0 Å². The summed E-state index contributed by atoms with van der Waals surface area (Å²) in [6, 6.07) is 8.23. The molecular weight excluding hydrogens is 260 g/mol. The first-order valence-electron chi connectivity index (χ1n) is 7.55. The second-order valence-electron chi connectivity index (χ2n) is 5.10. The van der Waals surface area contributed by atoms with E-state index in [1.165, 1.54) is 11.1 Å². The molecule has 0 radical (unpaired) electrons. The highest BCUT2D eigenvalue weighted by molar-refractivity contribution is 5.47. The molecule has 0 bridgehead atoms. The minimum atomic E-state index is 0.789. The van der Waals surface area contributed by atoms with Crippen LogP contribution >= 0.6 is 0 Å². The third-order valence-corrected chi connectivity index (χ3v) is 3.45. The first-order valence-corrected chi connectivity index (χ1v) is 7.55. The van der Waals surface area contributed by atoms with Crippen molar-refractivity contribution in [2.24, 2.45) is 0 Å². The lowest BCUT2D eigenvalue weighted by atomic mass is 10.2. The van der Waals surface area contributed by atoms with Crippen molar-refractivity contribution in [2.45, 2.75) is 33.9 Å². The number of hydrogen-bond donors (Lipinski definition) is 1. The molecule has 4 heteroatoms. The van der Waals surface area contributed by atoms with Crippen molar-refractivity contribution in [3.05, 3.63) is 53.5 Å². The van der Waals surface area contributed by atoms with Gasteiger partial charge in [-0.2, -0.15) is 0 Å². The molecule has 1 N–H and O–H groups in total. The van der Waals surface area contributed by atoms with E-state index < -0.39 is 0 Å². The van der Waals surface area contributed by atoms with Crippen molar-refractivity contribution in [2.75, 3.05) is 18.0 Å². The molecule has 2 aromatic heterocycles. The molecule has 0 saturated carbocycles. The molecule has 0 unspecified atom stereocenters. The van der Waals surface area contributed by atoms with Crippen LogP contribution in [0.1, 0.15) is 30.7 Å². The maximum absolute atomic E-state index is 4.66. The van der Waals surface area contributed by atoms with Gasteiger partial charge < -0.3 is 10.2 Å². The molecule has 0 fully saturated rings. The van der Waals surface area contributed by atoms with Gasteiger partial charge in [-0.25, -0.2) is 4.98 Å². The van der Waals surface area contributed by atoms with Gasteiger partial charge in [0.05, 0.1) is 12.2 Å². The number of rotatable bonds is 7. The Hall–Kier alpha value is -1.94. The summed E-state index contributed by atoms with van der Waals surface area (Å²) in [7, 11) is 0. The Kier molecular flexibility index (Phi) is 5.69. The lowest BCUT2D eigenvalue weighted by Gasteiger charge is -2.23. The molecule has 0 spiro atoms. The van der Waals surface area contributed by atoms with E-state index in [0.717, 1.165) is 37.7 Å². The van der Waals surface area contributed by atoms with Gasteiger partial charge in [-0.1, -0.05) is 13.0 Å².